The largest absolute Gasteiger partial charge is 0.457 e. The zero-order valence-electron chi connectivity index (χ0n) is 26.5. The molecule has 228 valence electrons. The lowest BCUT2D eigenvalue weighted by Gasteiger charge is -2.17. The average Bonchev–Trinajstić information content (AvgIpc) is 3.25. The smallest absolute Gasteiger partial charge is 0.159 e. The Bertz CT molecular complexity index is 1320. The van der Waals surface area contributed by atoms with Gasteiger partial charge in [0.2, 0.25) is 0 Å². The minimum absolute atomic E-state index is 0.131. The topological polar surface area (TPSA) is 26.3 Å². The Morgan fingerprint density at radius 2 is 1.47 bits per heavy atom. The van der Waals surface area contributed by atoms with Gasteiger partial charge in [0, 0.05) is 18.1 Å². The Kier molecular flexibility index (Phi) is 12.1. The van der Waals surface area contributed by atoms with Gasteiger partial charge in [-0.2, -0.15) is 0 Å². The molecule has 0 aromatic heterocycles. The molecular weight excluding hydrogens is 524 g/mol. The zero-order chi connectivity index (χ0) is 29.7. The molecule has 2 atom stereocenters. The summed E-state index contributed by atoms with van der Waals surface area (Å²) in [6, 6.07) is 25.5. The van der Waals surface area contributed by atoms with Crippen LogP contribution >= 0.6 is 0 Å². The molecule has 2 unspecified atom stereocenters. The van der Waals surface area contributed by atoms with E-state index in [1.807, 2.05) is 18.2 Å². The molecule has 2 nitrogen and oxygen atoms in total. The molecule has 0 spiro atoms. The Balaban J connectivity index is 1.06. The first kappa shape index (κ1) is 31.3. The van der Waals surface area contributed by atoms with Gasteiger partial charge < -0.3 is 4.74 Å². The summed E-state index contributed by atoms with van der Waals surface area (Å²) in [4.78, 5) is 12.4. The van der Waals surface area contributed by atoms with Gasteiger partial charge >= 0.3 is 0 Å². The predicted molar refractivity (Wildman–Crippen MR) is 181 cm³/mol. The molecule has 1 saturated carbocycles. The number of carbonyl (C=O) groups is 1. The number of allylic oxidation sites excluding steroid dienone is 1. The second-order valence-electron chi connectivity index (χ2n) is 13.1. The minimum atomic E-state index is 0.131. The highest BCUT2D eigenvalue weighted by Gasteiger charge is 2.18. The Hall–Kier alpha value is -3.13. The summed E-state index contributed by atoms with van der Waals surface area (Å²) in [6.45, 7) is 2.34. The van der Waals surface area contributed by atoms with Crippen molar-refractivity contribution in [2.24, 2.45) is 11.8 Å². The van der Waals surface area contributed by atoms with Gasteiger partial charge in [0.15, 0.2) is 5.78 Å². The monoisotopic (exact) mass is 576 g/mol. The summed E-state index contributed by atoms with van der Waals surface area (Å²) in [5.74, 6) is 3.57. The lowest BCUT2D eigenvalue weighted by atomic mass is 9.91. The second kappa shape index (κ2) is 16.6. The molecule has 2 aliphatic carbocycles. The molecule has 2 aliphatic rings. The van der Waals surface area contributed by atoms with Crippen molar-refractivity contribution in [3.8, 4) is 16.9 Å². The van der Waals surface area contributed by atoms with E-state index in [9.17, 15) is 4.79 Å². The lowest BCUT2D eigenvalue weighted by Crippen LogP contribution is -2.07. The van der Waals surface area contributed by atoms with Crippen LogP contribution in [0.4, 0.5) is 0 Å². The van der Waals surface area contributed by atoms with Crippen LogP contribution in [0.2, 0.25) is 0 Å². The minimum Gasteiger partial charge on any atom is -0.457 e. The number of unbranched alkanes of at least 4 members (excludes halogenated alkanes) is 4. The van der Waals surface area contributed by atoms with Gasteiger partial charge in [-0.1, -0.05) is 145 Å². The van der Waals surface area contributed by atoms with E-state index in [1.54, 1.807) is 6.08 Å². The summed E-state index contributed by atoms with van der Waals surface area (Å²) in [5.41, 5.74) is 6.00. The molecule has 0 radical (unpaired) electrons. The van der Waals surface area contributed by atoms with Crippen LogP contribution in [0.15, 0.2) is 78.9 Å². The van der Waals surface area contributed by atoms with Gasteiger partial charge in [0.25, 0.3) is 0 Å². The summed E-state index contributed by atoms with van der Waals surface area (Å²) in [5, 5.41) is 0. The van der Waals surface area contributed by atoms with Crippen molar-refractivity contribution in [3.05, 3.63) is 95.6 Å². The first-order chi connectivity index (χ1) is 21.2. The van der Waals surface area contributed by atoms with Crippen molar-refractivity contribution in [2.45, 2.75) is 116 Å². The van der Waals surface area contributed by atoms with E-state index < -0.39 is 0 Å². The number of aryl methyl sites for hydroxylation is 2. The van der Waals surface area contributed by atoms with Crippen molar-refractivity contribution >= 4 is 11.5 Å². The third kappa shape index (κ3) is 9.68. The van der Waals surface area contributed by atoms with E-state index in [1.165, 1.54) is 100 Å². The molecule has 0 amide bonds. The van der Waals surface area contributed by atoms with Crippen molar-refractivity contribution in [1.82, 2.24) is 0 Å². The highest BCUT2D eigenvalue weighted by Crippen LogP contribution is 2.33. The molecule has 5 rings (SSSR count). The fraction of sp³-hybridized carbons (Fsp3) is 0.488. The van der Waals surface area contributed by atoms with Crippen LogP contribution in [0, 0.1) is 11.8 Å². The molecule has 2 heteroatoms. The van der Waals surface area contributed by atoms with Crippen molar-refractivity contribution in [3.63, 3.8) is 0 Å². The number of fused-ring (bicyclic) bond motifs is 1. The van der Waals surface area contributed by atoms with Crippen LogP contribution in [-0.2, 0) is 17.6 Å². The molecule has 3 aromatic carbocycles. The fourth-order valence-electron chi connectivity index (χ4n) is 7.28. The molecule has 0 N–H and O–H groups in total. The Morgan fingerprint density at radius 3 is 2.30 bits per heavy atom. The van der Waals surface area contributed by atoms with Gasteiger partial charge in [-0.3, -0.25) is 4.79 Å². The van der Waals surface area contributed by atoms with Crippen LogP contribution < -0.4 is 4.74 Å². The maximum Gasteiger partial charge on any atom is 0.159 e. The first-order valence-electron chi connectivity index (χ1n) is 17.4. The molecule has 0 heterocycles. The molecule has 1 fully saturated rings. The van der Waals surface area contributed by atoms with E-state index in [2.05, 4.69) is 61.5 Å². The van der Waals surface area contributed by atoms with E-state index in [-0.39, 0.29) is 5.78 Å². The van der Waals surface area contributed by atoms with Gasteiger partial charge in [-0.05, 0) is 71.9 Å². The van der Waals surface area contributed by atoms with Crippen molar-refractivity contribution < 1.29 is 9.53 Å². The first-order valence-corrected chi connectivity index (χ1v) is 17.4. The van der Waals surface area contributed by atoms with E-state index in [0.717, 1.165) is 48.0 Å². The SMILES string of the molecule is CCCC1CCCC(CCCCCCCc2ccc(-c3cccc(OC4=CC(=O)CCCc5ccccc54)c3)cc2)CC1. The second-order valence-corrected chi connectivity index (χ2v) is 13.1. The highest BCUT2D eigenvalue weighted by molar-refractivity contribution is 5.96. The number of hydrogen-bond donors (Lipinski definition) is 0. The van der Waals surface area contributed by atoms with E-state index in [4.69, 9.17) is 4.74 Å². The maximum atomic E-state index is 12.4. The average molecular weight is 577 g/mol. The normalized spacial score (nSPS) is 19.1. The number of rotatable bonds is 13. The van der Waals surface area contributed by atoms with E-state index in [0.29, 0.717) is 12.2 Å². The Labute approximate surface area is 261 Å². The van der Waals surface area contributed by atoms with Gasteiger partial charge in [-0.25, -0.2) is 0 Å². The number of hydrogen-bond acceptors (Lipinski definition) is 2. The van der Waals surface area contributed by atoms with Crippen molar-refractivity contribution in [1.29, 1.82) is 0 Å². The number of carbonyl (C=O) groups excluding carboxylic acids is 1. The van der Waals surface area contributed by atoms with Crippen molar-refractivity contribution in [2.75, 3.05) is 0 Å². The number of benzene rings is 3. The van der Waals surface area contributed by atoms with Gasteiger partial charge in [0.05, 0.1) is 0 Å². The summed E-state index contributed by atoms with van der Waals surface area (Å²) >= 11 is 0. The van der Waals surface area contributed by atoms with Crippen LogP contribution in [0.25, 0.3) is 16.9 Å². The predicted octanol–water partition coefficient (Wildman–Crippen LogP) is 11.6. The molecule has 0 bridgehead atoms. The number of ketones is 1. The molecule has 0 saturated heterocycles. The Morgan fingerprint density at radius 1 is 0.698 bits per heavy atom. The zero-order valence-corrected chi connectivity index (χ0v) is 26.5. The molecular formula is C41H52O2. The maximum absolute atomic E-state index is 12.4. The summed E-state index contributed by atoms with van der Waals surface area (Å²) < 4.78 is 6.36. The third-order valence-electron chi connectivity index (χ3n) is 9.78. The number of ether oxygens (including phenoxy) is 1. The summed E-state index contributed by atoms with van der Waals surface area (Å²) in [7, 11) is 0. The quantitative estimate of drug-likeness (QED) is 0.149. The van der Waals surface area contributed by atoms with Gasteiger partial charge in [-0.15, -0.1) is 0 Å². The third-order valence-corrected chi connectivity index (χ3v) is 9.78. The fourth-order valence-corrected chi connectivity index (χ4v) is 7.28. The van der Waals surface area contributed by atoms with Crippen LogP contribution in [0.3, 0.4) is 0 Å². The molecule has 3 aromatic rings. The highest BCUT2D eigenvalue weighted by atomic mass is 16.5. The van der Waals surface area contributed by atoms with Gasteiger partial charge in [0.1, 0.15) is 11.5 Å². The molecule has 43 heavy (non-hydrogen) atoms. The van der Waals surface area contributed by atoms with Crippen LogP contribution in [0.5, 0.6) is 5.75 Å². The lowest BCUT2D eigenvalue weighted by molar-refractivity contribution is -0.114. The van der Waals surface area contributed by atoms with E-state index >= 15 is 0 Å². The summed E-state index contributed by atoms with van der Waals surface area (Å²) in [6.07, 6.45) is 23.7. The standard InChI is InChI=1S/C41H52O2/c1-2-13-32-16-10-17-33(25-24-32)14-6-4-3-5-7-15-34-26-28-35(29-27-34)37-20-12-22-39(30-37)43-41-31-38(42)21-11-19-36-18-8-9-23-40(36)41/h8-9,12,18,20,22-23,26-33H,2-7,10-11,13-17,19,21,24-25H2,1H3. The molecule has 0 aliphatic heterocycles. The van der Waals surface area contributed by atoms with Crippen LogP contribution in [-0.4, -0.2) is 5.78 Å². The van der Waals surface area contributed by atoms with Crippen LogP contribution in [0.1, 0.15) is 120 Å².